The van der Waals surface area contributed by atoms with Crippen molar-refractivity contribution in [2.24, 2.45) is 0 Å². The number of hydrogen-bond acceptors (Lipinski definition) is 2. The molecule has 2 rings (SSSR count). The van der Waals surface area contributed by atoms with Gasteiger partial charge in [0.05, 0.1) is 6.42 Å². The number of rotatable bonds is 9. The Labute approximate surface area is 183 Å². The van der Waals surface area contributed by atoms with Gasteiger partial charge in [0.1, 0.15) is 6.04 Å². The van der Waals surface area contributed by atoms with E-state index in [1.807, 2.05) is 31.2 Å². The van der Waals surface area contributed by atoms with Crippen molar-refractivity contribution in [1.82, 2.24) is 10.2 Å². The molecule has 2 aromatic carbocycles. The van der Waals surface area contributed by atoms with Crippen LogP contribution in [0.1, 0.15) is 43.4 Å². The van der Waals surface area contributed by atoms with Crippen molar-refractivity contribution in [3.63, 3.8) is 0 Å². The van der Waals surface area contributed by atoms with Crippen molar-refractivity contribution < 1.29 is 9.59 Å². The molecule has 0 aliphatic rings. The molecular weight excluding hydrogens is 407 g/mol. The van der Waals surface area contributed by atoms with Crippen LogP contribution in [-0.2, 0) is 22.6 Å². The highest BCUT2D eigenvalue weighted by atomic mass is 35.5. The van der Waals surface area contributed by atoms with Crippen molar-refractivity contribution in [3.8, 4) is 0 Å². The predicted octanol–water partition coefficient (Wildman–Crippen LogP) is 5.18. The molecule has 1 N–H and O–H groups in total. The van der Waals surface area contributed by atoms with Gasteiger partial charge in [0.15, 0.2) is 0 Å². The van der Waals surface area contributed by atoms with Crippen molar-refractivity contribution in [3.05, 3.63) is 69.2 Å². The highest BCUT2D eigenvalue weighted by Crippen LogP contribution is 2.23. The predicted molar refractivity (Wildman–Crippen MR) is 119 cm³/mol. The Balaban J connectivity index is 2.23. The molecule has 0 bridgehead atoms. The molecule has 0 aromatic heterocycles. The number of benzene rings is 2. The first-order valence-corrected chi connectivity index (χ1v) is 10.6. The summed E-state index contributed by atoms with van der Waals surface area (Å²) in [6.07, 6.45) is 2.01. The van der Waals surface area contributed by atoms with Gasteiger partial charge in [-0.2, -0.15) is 0 Å². The van der Waals surface area contributed by atoms with Crippen LogP contribution in [0.3, 0.4) is 0 Å². The van der Waals surface area contributed by atoms with Crippen molar-refractivity contribution in [1.29, 1.82) is 0 Å². The monoisotopic (exact) mass is 434 g/mol. The second-order valence-corrected chi connectivity index (χ2v) is 8.02. The van der Waals surface area contributed by atoms with Crippen molar-refractivity contribution >= 4 is 35.0 Å². The number of nitrogens with zero attached hydrogens (tertiary/aromatic N) is 1. The molecule has 0 aliphatic carbocycles. The summed E-state index contributed by atoms with van der Waals surface area (Å²) >= 11 is 12.2. The van der Waals surface area contributed by atoms with Crippen molar-refractivity contribution in [2.45, 2.75) is 52.6 Å². The summed E-state index contributed by atoms with van der Waals surface area (Å²) in [6.45, 7) is 6.80. The van der Waals surface area contributed by atoms with Crippen LogP contribution in [0, 0.1) is 6.92 Å². The van der Waals surface area contributed by atoms with Gasteiger partial charge in [-0.1, -0.05) is 66.9 Å². The summed E-state index contributed by atoms with van der Waals surface area (Å²) in [6, 6.07) is 12.4. The largest absolute Gasteiger partial charge is 0.354 e. The summed E-state index contributed by atoms with van der Waals surface area (Å²) in [7, 11) is 0. The molecule has 0 radical (unpaired) electrons. The highest BCUT2D eigenvalue weighted by molar-refractivity contribution is 6.35. The second-order valence-electron chi connectivity index (χ2n) is 7.18. The molecule has 0 spiro atoms. The topological polar surface area (TPSA) is 49.4 Å². The van der Waals surface area contributed by atoms with E-state index in [-0.39, 0.29) is 18.2 Å². The lowest BCUT2D eigenvalue weighted by atomic mass is 10.1. The third-order valence-electron chi connectivity index (χ3n) is 4.96. The summed E-state index contributed by atoms with van der Waals surface area (Å²) in [5.41, 5.74) is 2.78. The Morgan fingerprint density at radius 1 is 1.10 bits per heavy atom. The van der Waals surface area contributed by atoms with Gasteiger partial charge < -0.3 is 10.2 Å². The van der Waals surface area contributed by atoms with Gasteiger partial charge in [0.25, 0.3) is 0 Å². The number of carbonyl (C=O) groups is 2. The number of nitrogens with one attached hydrogen (secondary N) is 1. The fraction of sp³-hybridized carbons (Fsp3) is 0.391. The zero-order valence-electron chi connectivity index (χ0n) is 17.2. The SMILES string of the molecule is CCCCNC(=O)C(C)N(Cc1ccccc1C)C(=O)Cc1ccc(Cl)cc1Cl. The Morgan fingerprint density at radius 3 is 2.48 bits per heavy atom. The minimum atomic E-state index is -0.593. The average Bonchev–Trinajstić information content (AvgIpc) is 2.69. The van der Waals surface area contributed by atoms with Gasteiger partial charge in [-0.15, -0.1) is 0 Å². The maximum atomic E-state index is 13.2. The Morgan fingerprint density at radius 2 is 1.83 bits per heavy atom. The molecule has 2 amide bonds. The first kappa shape index (κ1) is 23.2. The van der Waals surface area contributed by atoms with Crippen LogP contribution in [0.4, 0.5) is 0 Å². The standard InChI is InChI=1S/C23H28Cl2N2O2/c1-4-5-12-26-23(29)17(3)27(15-19-9-7-6-8-16(19)2)22(28)13-18-10-11-20(24)14-21(18)25/h6-11,14,17H,4-5,12-13,15H2,1-3H3,(H,26,29). The molecule has 0 heterocycles. The fourth-order valence-corrected chi connectivity index (χ4v) is 3.49. The number of unbranched alkanes of at least 4 members (excludes halogenated alkanes) is 1. The van der Waals surface area contributed by atoms with E-state index in [4.69, 9.17) is 23.2 Å². The molecule has 29 heavy (non-hydrogen) atoms. The van der Waals surface area contributed by atoms with Crippen LogP contribution < -0.4 is 5.32 Å². The first-order valence-electron chi connectivity index (χ1n) is 9.89. The van der Waals surface area contributed by atoms with E-state index in [1.165, 1.54) is 0 Å². The van der Waals surface area contributed by atoms with Crippen LogP contribution in [-0.4, -0.2) is 29.3 Å². The number of hydrogen-bond donors (Lipinski definition) is 1. The molecule has 0 aliphatic heterocycles. The summed E-state index contributed by atoms with van der Waals surface area (Å²) < 4.78 is 0. The van der Waals surface area contributed by atoms with E-state index < -0.39 is 6.04 Å². The lowest BCUT2D eigenvalue weighted by Gasteiger charge is -2.29. The molecule has 4 nitrogen and oxygen atoms in total. The van der Waals surface area contributed by atoms with Gasteiger partial charge in [-0.05, 0) is 49.1 Å². The summed E-state index contributed by atoms with van der Waals surface area (Å²) in [5.74, 6) is -0.307. The molecule has 0 fully saturated rings. The number of halogens is 2. The first-order chi connectivity index (χ1) is 13.8. The van der Waals surface area contributed by atoms with Crippen molar-refractivity contribution in [2.75, 3.05) is 6.54 Å². The third kappa shape index (κ3) is 6.76. The van der Waals surface area contributed by atoms with Crippen LogP contribution in [0.15, 0.2) is 42.5 Å². The van der Waals surface area contributed by atoms with E-state index in [9.17, 15) is 9.59 Å². The normalized spacial score (nSPS) is 11.8. The van der Waals surface area contributed by atoms with Gasteiger partial charge >= 0.3 is 0 Å². The summed E-state index contributed by atoms with van der Waals surface area (Å²) in [4.78, 5) is 27.5. The maximum absolute atomic E-state index is 13.2. The third-order valence-corrected chi connectivity index (χ3v) is 5.54. The highest BCUT2D eigenvalue weighted by Gasteiger charge is 2.26. The number of aryl methyl sites for hydroxylation is 1. The Kier molecular flexibility index (Phi) is 8.99. The minimum absolute atomic E-state index is 0.106. The molecule has 1 unspecified atom stereocenters. The fourth-order valence-electron chi connectivity index (χ4n) is 3.02. The molecule has 1 atom stereocenters. The van der Waals surface area contributed by atoms with Gasteiger partial charge in [-0.25, -0.2) is 0 Å². The number of carbonyl (C=O) groups excluding carboxylic acids is 2. The Bertz CT molecular complexity index is 855. The van der Waals surface area contributed by atoms with E-state index in [2.05, 4.69) is 12.2 Å². The lowest BCUT2D eigenvalue weighted by molar-refractivity contribution is -0.140. The second kappa shape index (κ2) is 11.2. The van der Waals surface area contributed by atoms with E-state index >= 15 is 0 Å². The molecule has 6 heteroatoms. The molecular formula is C23H28Cl2N2O2. The smallest absolute Gasteiger partial charge is 0.242 e. The molecule has 0 saturated heterocycles. The van der Waals surface area contributed by atoms with Crippen LogP contribution in [0.5, 0.6) is 0 Å². The van der Waals surface area contributed by atoms with Gasteiger partial charge in [-0.3, -0.25) is 9.59 Å². The maximum Gasteiger partial charge on any atom is 0.242 e. The Hall–Kier alpha value is -2.04. The minimum Gasteiger partial charge on any atom is -0.354 e. The lowest BCUT2D eigenvalue weighted by Crippen LogP contribution is -2.48. The zero-order valence-corrected chi connectivity index (χ0v) is 18.7. The average molecular weight is 435 g/mol. The van der Waals surface area contributed by atoms with E-state index in [0.717, 1.165) is 24.0 Å². The van der Waals surface area contributed by atoms with Crippen LogP contribution in [0.2, 0.25) is 10.0 Å². The van der Waals surface area contributed by atoms with E-state index in [0.29, 0.717) is 28.7 Å². The zero-order chi connectivity index (χ0) is 21.4. The van der Waals surface area contributed by atoms with E-state index in [1.54, 1.807) is 30.0 Å². The van der Waals surface area contributed by atoms with Gasteiger partial charge in [0.2, 0.25) is 11.8 Å². The molecule has 2 aromatic rings. The van der Waals surface area contributed by atoms with Gasteiger partial charge in [0, 0.05) is 23.1 Å². The molecule has 0 saturated carbocycles. The quantitative estimate of drug-likeness (QED) is 0.552. The van der Waals surface area contributed by atoms with Crippen LogP contribution in [0.25, 0.3) is 0 Å². The number of amides is 2. The van der Waals surface area contributed by atoms with Crippen LogP contribution >= 0.6 is 23.2 Å². The molecule has 156 valence electrons. The summed E-state index contributed by atoms with van der Waals surface area (Å²) in [5, 5.41) is 3.89.